The zero-order chi connectivity index (χ0) is 45.2. The molecule has 0 spiro atoms. The highest BCUT2D eigenvalue weighted by Crippen LogP contribution is 2.40. The third-order valence-electron chi connectivity index (χ3n) is 13.2. The Morgan fingerprint density at radius 3 is 1.04 bits per heavy atom. The molecule has 0 saturated heterocycles. The van der Waals surface area contributed by atoms with Gasteiger partial charge in [-0.3, -0.25) is 0 Å². The van der Waals surface area contributed by atoms with Crippen LogP contribution >= 0.6 is 0 Å². The van der Waals surface area contributed by atoms with Crippen LogP contribution in [0.3, 0.4) is 0 Å². The first-order chi connectivity index (χ1) is 33.7. The van der Waals surface area contributed by atoms with Gasteiger partial charge in [0.2, 0.25) is 0 Å². The zero-order valence-corrected chi connectivity index (χ0v) is 37.5. The summed E-state index contributed by atoms with van der Waals surface area (Å²) in [7, 11) is 0. The van der Waals surface area contributed by atoms with Gasteiger partial charge in [-0.05, 0) is 133 Å². The summed E-state index contributed by atoms with van der Waals surface area (Å²) in [6.07, 6.45) is 0. The van der Waals surface area contributed by atoms with E-state index < -0.39 is 0 Å². The lowest BCUT2D eigenvalue weighted by Gasteiger charge is -2.27. The van der Waals surface area contributed by atoms with E-state index >= 15 is 0 Å². The Kier molecular flexibility index (Phi) is 10.6. The van der Waals surface area contributed by atoms with Crippen molar-refractivity contribution >= 4 is 38.9 Å². The molecule has 0 radical (unpaired) electrons. The molecular formula is C66H46N2. The molecular weight excluding hydrogens is 821 g/mol. The number of anilines is 3. The van der Waals surface area contributed by atoms with Crippen molar-refractivity contribution in [3.63, 3.8) is 0 Å². The highest BCUT2D eigenvalue weighted by atomic mass is 15.1. The van der Waals surface area contributed by atoms with E-state index in [-0.39, 0.29) is 0 Å². The third kappa shape index (κ3) is 7.85. The molecule has 12 aromatic rings. The second-order valence-corrected chi connectivity index (χ2v) is 17.4. The van der Waals surface area contributed by atoms with Gasteiger partial charge in [0, 0.05) is 33.5 Å². The van der Waals surface area contributed by atoms with Crippen molar-refractivity contribution in [1.29, 1.82) is 0 Å². The molecule has 1 heterocycles. The summed E-state index contributed by atoms with van der Waals surface area (Å²) < 4.78 is 2.39. The molecule has 0 aliphatic carbocycles. The van der Waals surface area contributed by atoms with Crippen LogP contribution in [0.5, 0.6) is 0 Å². The lowest BCUT2D eigenvalue weighted by Crippen LogP contribution is -2.10. The molecule has 11 aromatic carbocycles. The van der Waals surface area contributed by atoms with Crippen molar-refractivity contribution in [3.05, 3.63) is 279 Å². The van der Waals surface area contributed by atoms with Gasteiger partial charge >= 0.3 is 0 Å². The van der Waals surface area contributed by atoms with Crippen LogP contribution in [0.15, 0.2) is 279 Å². The molecule has 0 unspecified atom stereocenters. The lowest BCUT2D eigenvalue weighted by molar-refractivity contribution is 1.18. The second-order valence-electron chi connectivity index (χ2n) is 17.4. The van der Waals surface area contributed by atoms with Crippen molar-refractivity contribution in [2.24, 2.45) is 0 Å². The maximum atomic E-state index is 2.39. The Morgan fingerprint density at radius 1 is 0.206 bits per heavy atom. The molecule has 1 aromatic heterocycles. The zero-order valence-electron chi connectivity index (χ0n) is 37.5. The molecule has 0 saturated carbocycles. The van der Waals surface area contributed by atoms with Gasteiger partial charge in [0.1, 0.15) is 0 Å². The van der Waals surface area contributed by atoms with E-state index in [1.807, 2.05) is 0 Å². The van der Waals surface area contributed by atoms with Gasteiger partial charge < -0.3 is 9.47 Å². The monoisotopic (exact) mass is 866 g/mol. The summed E-state index contributed by atoms with van der Waals surface area (Å²) in [5.41, 5.74) is 21.1. The number of aromatic nitrogens is 1. The van der Waals surface area contributed by atoms with E-state index in [2.05, 4.69) is 289 Å². The predicted octanol–water partition coefficient (Wildman–Crippen LogP) is 18.3. The number of fused-ring (bicyclic) bond motifs is 3. The average Bonchev–Trinajstić information content (AvgIpc) is 3.76. The highest BCUT2D eigenvalue weighted by Gasteiger charge is 2.17. The molecule has 0 aliphatic rings. The Balaban J connectivity index is 0.887. The fourth-order valence-electron chi connectivity index (χ4n) is 9.73. The minimum atomic E-state index is 1.08. The van der Waals surface area contributed by atoms with Crippen molar-refractivity contribution in [1.82, 2.24) is 4.57 Å². The van der Waals surface area contributed by atoms with Crippen LogP contribution in [0.1, 0.15) is 0 Å². The van der Waals surface area contributed by atoms with Crippen LogP contribution in [0.25, 0.3) is 94.3 Å². The first-order valence-electron chi connectivity index (χ1n) is 23.3. The number of benzene rings is 11. The number of hydrogen-bond donors (Lipinski definition) is 0. The number of hydrogen-bond acceptors (Lipinski definition) is 1. The van der Waals surface area contributed by atoms with Crippen LogP contribution in [-0.4, -0.2) is 4.57 Å². The fourth-order valence-corrected chi connectivity index (χ4v) is 9.73. The third-order valence-corrected chi connectivity index (χ3v) is 13.2. The molecule has 0 atom stereocenters. The topological polar surface area (TPSA) is 8.17 Å². The SMILES string of the molecule is c1ccc(-c2ccc(-c3cccc(N(c4ccc(-c5ccc(-n6c7ccccc7c7cc(-c8ccccc8)ccc76)cc5)cc4)c4cccc(-c5ccc(-c6ccccc6)cc5)c4)c3)cc2)cc1. The standard InChI is InChI=1S/C66H46N2/c1-4-14-47(15-5-1)50-26-30-54(31-27-50)56-20-12-22-61(44-56)67(62-23-13-21-57(45-62)55-32-28-51(29-33-55)48-16-6-2-7-17-48)59-39-34-52(35-40-59)53-36-41-60(42-37-53)68-65-25-11-10-24-63(65)64-46-58(38-43-66(64)68)49-18-8-3-9-19-49/h1-46H. The Hall–Kier alpha value is -8.98. The van der Waals surface area contributed by atoms with Crippen LogP contribution in [0, 0.1) is 0 Å². The number of nitrogens with zero attached hydrogens (tertiary/aromatic N) is 2. The maximum absolute atomic E-state index is 2.39. The first kappa shape index (κ1) is 40.5. The molecule has 0 aliphatic heterocycles. The van der Waals surface area contributed by atoms with E-state index in [1.165, 1.54) is 71.9 Å². The largest absolute Gasteiger partial charge is 0.310 e. The van der Waals surface area contributed by atoms with E-state index in [9.17, 15) is 0 Å². The van der Waals surface area contributed by atoms with Gasteiger partial charge in [-0.2, -0.15) is 0 Å². The molecule has 0 N–H and O–H groups in total. The molecule has 2 nitrogen and oxygen atoms in total. The minimum Gasteiger partial charge on any atom is -0.310 e. The molecule has 68 heavy (non-hydrogen) atoms. The quantitative estimate of drug-likeness (QED) is 0.133. The molecule has 0 bridgehead atoms. The van der Waals surface area contributed by atoms with Crippen LogP contribution in [0.4, 0.5) is 17.1 Å². The molecule has 320 valence electrons. The summed E-state index contributed by atoms with van der Waals surface area (Å²) in [4.78, 5) is 2.38. The van der Waals surface area contributed by atoms with Gasteiger partial charge in [0.05, 0.1) is 11.0 Å². The Morgan fingerprint density at radius 2 is 0.544 bits per heavy atom. The van der Waals surface area contributed by atoms with Gasteiger partial charge in [-0.25, -0.2) is 0 Å². The van der Waals surface area contributed by atoms with Crippen molar-refractivity contribution in [3.8, 4) is 72.4 Å². The highest BCUT2D eigenvalue weighted by molar-refractivity contribution is 6.10. The summed E-state index contributed by atoms with van der Waals surface area (Å²) in [6.45, 7) is 0. The van der Waals surface area contributed by atoms with Gasteiger partial charge in [-0.1, -0.05) is 212 Å². The van der Waals surface area contributed by atoms with Gasteiger partial charge in [-0.15, -0.1) is 0 Å². The summed E-state index contributed by atoms with van der Waals surface area (Å²) in [6, 6.07) is 101. The minimum absolute atomic E-state index is 1.08. The number of rotatable bonds is 10. The molecule has 0 fully saturated rings. The Bertz CT molecular complexity index is 3540. The van der Waals surface area contributed by atoms with E-state index in [4.69, 9.17) is 0 Å². The molecule has 0 amide bonds. The lowest BCUT2D eigenvalue weighted by atomic mass is 9.99. The van der Waals surface area contributed by atoms with Crippen molar-refractivity contribution < 1.29 is 0 Å². The Labute approximate surface area is 397 Å². The summed E-state index contributed by atoms with van der Waals surface area (Å²) >= 11 is 0. The average molecular weight is 867 g/mol. The van der Waals surface area contributed by atoms with Crippen LogP contribution in [-0.2, 0) is 0 Å². The number of para-hydroxylation sites is 1. The normalized spacial score (nSPS) is 11.2. The van der Waals surface area contributed by atoms with Crippen molar-refractivity contribution in [2.45, 2.75) is 0 Å². The summed E-state index contributed by atoms with van der Waals surface area (Å²) in [5.74, 6) is 0. The fraction of sp³-hybridized carbons (Fsp3) is 0. The first-order valence-corrected chi connectivity index (χ1v) is 23.3. The summed E-state index contributed by atoms with van der Waals surface area (Å²) in [5, 5.41) is 2.51. The van der Waals surface area contributed by atoms with Gasteiger partial charge in [0.25, 0.3) is 0 Å². The van der Waals surface area contributed by atoms with Crippen LogP contribution < -0.4 is 4.90 Å². The van der Waals surface area contributed by atoms with Crippen molar-refractivity contribution in [2.75, 3.05) is 4.90 Å². The smallest absolute Gasteiger partial charge is 0.0541 e. The maximum Gasteiger partial charge on any atom is 0.0541 e. The van der Waals surface area contributed by atoms with Crippen LogP contribution in [0.2, 0.25) is 0 Å². The second kappa shape index (κ2) is 17.8. The van der Waals surface area contributed by atoms with E-state index in [1.54, 1.807) is 0 Å². The predicted molar refractivity (Wildman–Crippen MR) is 288 cm³/mol. The molecule has 12 rings (SSSR count). The van der Waals surface area contributed by atoms with E-state index in [0.717, 1.165) is 39.4 Å². The van der Waals surface area contributed by atoms with E-state index in [0.29, 0.717) is 0 Å². The molecule has 2 heteroatoms. The van der Waals surface area contributed by atoms with Gasteiger partial charge in [0.15, 0.2) is 0 Å².